The maximum atomic E-state index is 12.7. The molecule has 0 aliphatic carbocycles. The van der Waals surface area contributed by atoms with Gasteiger partial charge in [0.05, 0.1) is 18.8 Å². The molecule has 0 aromatic rings. The zero-order valence-electron chi connectivity index (χ0n) is 25.7. The fraction of sp³-hybridized carbons (Fsp3) is 0.906. The fourth-order valence-corrected chi connectivity index (χ4v) is 5.42. The average molecular weight is 588 g/mol. The first-order valence-corrected chi connectivity index (χ1v) is 16.4. The van der Waals surface area contributed by atoms with Crippen molar-refractivity contribution in [2.45, 2.75) is 178 Å². The van der Waals surface area contributed by atoms with Crippen molar-refractivity contribution in [2.24, 2.45) is 0 Å². The SMILES string of the molecule is CCCCCCCCCCCCC/C=C/[C@@H](O)[C@@H](NC(=O)CCCCCCC)C(O)C1O[C@H](CO)[C@@H](O)[C@H](O)[C@H]1O. The van der Waals surface area contributed by atoms with Gasteiger partial charge in [-0.2, -0.15) is 0 Å². The summed E-state index contributed by atoms with van der Waals surface area (Å²) in [7, 11) is 0. The number of unbranched alkanes of at least 4 members (excludes halogenated alkanes) is 15. The van der Waals surface area contributed by atoms with Crippen LogP contribution in [0.25, 0.3) is 0 Å². The van der Waals surface area contributed by atoms with E-state index in [9.17, 15) is 35.4 Å². The van der Waals surface area contributed by atoms with Crippen molar-refractivity contribution in [1.29, 1.82) is 0 Å². The summed E-state index contributed by atoms with van der Waals surface area (Å²) in [5.74, 6) is -0.340. The third kappa shape index (κ3) is 15.3. The second-order valence-electron chi connectivity index (χ2n) is 11.8. The van der Waals surface area contributed by atoms with E-state index in [1.165, 1.54) is 63.9 Å². The Hall–Kier alpha value is -1.07. The number of amides is 1. The minimum Gasteiger partial charge on any atom is -0.394 e. The smallest absolute Gasteiger partial charge is 0.220 e. The first kappa shape index (κ1) is 38.0. The van der Waals surface area contributed by atoms with Gasteiger partial charge < -0.3 is 40.7 Å². The highest BCUT2D eigenvalue weighted by atomic mass is 16.6. The van der Waals surface area contributed by atoms with Crippen LogP contribution in [0.15, 0.2) is 12.2 Å². The second kappa shape index (κ2) is 23.4. The molecule has 1 aliphatic heterocycles. The zero-order chi connectivity index (χ0) is 30.5. The lowest BCUT2D eigenvalue weighted by molar-refractivity contribution is -0.253. The van der Waals surface area contributed by atoms with Gasteiger partial charge in [0.1, 0.15) is 36.6 Å². The van der Waals surface area contributed by atoms with Crippen molar-refractivity contribution in [3.63, 3.8) is 0 Å². The van der Waals surface area contributed by atoms with E-state index in [1.54, 1.807) is 0 Å². The second-order valence-corrected chi connectivity index (χ2v) is 11.8. The van der Waals surface area contributed by atoms with Gasteiger partial charge >= 0.3 is 0 Å². The lowest BCUT2D eigenvalue weighted by Gasteiger charge is -2.43. The van der Waals surface area contributed by atoms with Crippen LogP contribution in [0.2, 0.25) is 0 Å². The lowest BCUT2D eigenvalue weighted by Crippen LogP contribution is -2.65. The van der Waals surface area contributed by atoms with E-state index in [2.05, 4.69) is 19.2 Å². The van der Waals surface area contributed by atoms with Crippen LogP contribution in [-0.2, 0) is 9.53 Å². The summed E-state index contributed by atoms with van der Waals surface area (Å²) >= 11 is 0. The molecule has 8 atom stereocenters. The standard InChI is InChI=1S/C32H61NO8/c1-3-5-7-9-10-11-12-13-14-15-16-18-19-21-24(35)27(33-26(36)22-20-17-8-6-4-2)29(38)32-31(40)30(39)28(37)25(23-34)41-32/h19,21,24-25,27-32,34-35,37-40H,3-18,20,22-23H2,1-2H3,(H,33,36)/b21-19+/t24-,25-,27-,28-,29?,30+,31-,32?/m1/s1. The Labute approximate surface area is 248 Å². The number of rotatable bonds is 24. The Bertz CT molecular complexity index is 676. The molecule has 9 heteroatoms. The minimum absolute atomic E-state index is 0.233. The highest BCUT2D eigenvalue weighted by Crippen LogP contribution is 2.25. The monoisotopic (exact) mass is 587 g/mol. The maximum absolute atomic E-state index is 12.7. The number of aliphatic hydroxyl groups is 6. The van der Waals surface area contributed by atoms with Gasteiger partial charge in [-0.3, -0.25) is 4.79 Å². The molecule has 242 valence electrons. The van der Waals surface area contributed by atoms with Gasteiger partial charge in [-0.1, -0.05) is 116 Å². The third-order valence-corrected chi connectivity index (χ3v) is 8.14. The molecule has 0 bridgehead atoms. The summed E-state index contributed by atoms with van der Waals surface area (Å²) < 4.78 is 5.51. The summed E-state index contributed by atoms with van der Waals surface area (Å²) in [4.78, 5) is 12.7. The van der Waals surface area contributed by atoms with E-state index < -0.39 is 55.4 Å². The van der Waals surface area contributed by atoms with E-state index in [4.69, 9.17) is 4.74 Å². The quantitative estimate of drug-likeness (QED) is 0.0666. The van der Waals surface area contributed by atoms with Gasteiger partial charge in [0.2, 0.25) is 5.91 Å². The number of hydrogen-bond donors (Lipinski definition) is 7. The molecule has 1 amide bonds. The molecule has 7 N–H and O–H groups in total. The van der Waals surface area contributed by atoms with Gasteiger partial charge in [0.15, 0.2) is 0 Å². The van der Waals surface area contributed by atoms with Crippen molar-refractivity contribution in [3.8, 4) is 0 Å². The minimum atomic E-state index is -1.68. The number of carbonyl (C=O) groups excluding carboxylic acids is 1. The average Bonchev–Trinajstić information content (AvgIpc) is 2.96. The van der Waals surface area contributed by atoms with E-state index >= 15 is 0 Å². The van der Waals surface area contributed by atoms with Gasteiger partial charge in [0.25, 0.3) is 0 Å². The predicted molar refractivity (Wildman–Crippen MR) is 161 cm³/mol. The number of carbonyl (C=O) groups is 1. The van der Waals surface area contributed by atoms with Crippen molar-refractivity contribution in [1.82, 2.24) is 5.32 Å². The van der Waals surface area contributed by atoms with Crippen LogP contribution in [0.3, 0.4) is 0 Å². The Morgan fingerprint density at radius 1 is 0.756 bits per heavy atom. The molecule has 0 saturated carbocycles. The van der Waals surface area contributed by atoms with Gasteiger partial charge in [-0.05, 0) is 19.3 Å². The Morgan fingerprint density at radius 2 is 1.27 bits per heavy atom. The molecular weight excluding hydrogens is 526 g/mol. The van der Waals surface area contributed by atoms with Crippen molar-refractivity contribution in [2.75, 3.05) is 6.61 Å². The summed E-state index contributed by atoms with van der Waals surface area (Å²) in [6.45, 7) is 3.71. The van der Waals surface area contributed by atoms with Gasteiger partial charge in [0, 0.05) is 6.42 Å². The van der Waals surface area contributed by atoms with E-state index in [-0.39, 0.29) is 12.3 Å². The van der Waals surface area contributed by atoms with Crippen molar-refractivity contribution < 1.29 is 40.2 Å². The number of allylic oxidation sites excluding steroid dienone is 1. The van der Waals surface area contributed by atoms with Crippen LogP contribution in [-0.4, -0.2) is 91.9 Å². The molecule has 41 heavy (non-hydrogen) atoms. The van der Waals surface area contributed by atoms with E-state index in [1.807, 2.05) is 6.08 Å². The third-order valence-electron chi connectivity index (χ3n) is 8.14. The molecule has 1 saturated heterocycles. The van der Waals surface area contributed by atoms with E-state index in [0.717, 1.165) is 44.9 Å². The van der Waals surface area contributed by atoms with Crippen LogP contribution in [0.5, 0.6) is 0 Å². The highest BCUT2D eigenvalue weighted by molar-refractivity contribution is 5.76. The van der Waals surface area contributed by atoms with E-state index in [0.29, 0.717) is 6.42 Å². The summed E-state index contributed by atoms with van der Waals surface area (Å²) in [5.41, 5.74) is 0. The summed E-state index contributed by atoms with van der Waals surface area (Å²) in [6.07, 6.45) is 12.4. The number of ether oxygens (including phenoxy) is 1. The van der Waals surface area contributed by atoms with Crippen LogP contribution in [0.4, 0.5) is 0 Å². The van der Waals surface area contributed by atoms with Crippen LogP contribution >= 0.6 is 0 Å². The number of aliphatic hydroxyl groups excluding tert-OH is 6. The lowest BCUT2D eigenvalue weighted by atomic mass is 9.88. The Balaban J connectivity index is 2.62. The summed E-state index contributed by atoms with van der Waals surface area (Å²) in [5, 5.41) is 65.0. The number of hydrogen-bond acceptors (Lipinski definition) is 8. The van der Waals surface area contributed by atoms with Gasteiger partial charge in [-0.15, -0.1) is 0 Å². The summed E-state index contributed by atoms with van der Waals surface area (Å²) in [6, 6.07) is -1.21. The fourth-order valence-electron chi connectivity index (χ4n) is 5.42. The molecule has 1 fully saturated rings. The van der Waals surface area contributed by atoms with Gasteiger partial charge in [-0.25, -0.2) is 0 Å². The Morgan fingerprint density at radius 3 is 1.80 bits per heavy atom. The molecular formula is C32H61NO8. The molecule has 1 aliphatic rings. The number of nitrogens with one attached hydrogen (secondary N) is 1. The molecule has 0 radical (unpaired) electrons. The normalized spacial score (nSPS) is 25.3. The first-order valence-electron chi connectivity index (χ1n) is 16.4. The molecule has 9 nitrogen and oxygen atoms in total. The molecule has 0 aromatic carbocycles. The first-order chi connectivity index (χ1) is 19.8. The van der Waals surface area contributed by atoms with Crippen molar-refractivity contribution in [3.05, 3.63) is 12.2 Å². The molecule has 0 aromatic heterocycles. The van der Waals surface area contributed by atoms with Crippen LogP contribution in [0.1, 0.15) is 129 Å². The molecule has 1 heterocycles. The van der Waals surface area contributed by atoms with Crippen molar-refractivity contribution >= 4 is 5.91 Å². The topological polar surface area (TPSA) is 160 Å². The Kier molecular flexibility index (Phi) is 21.7. The van der Waals surface area contributed by atoms with Crippen LogP contribution < -0.4 is 5.32 Å². The predicted octanol–water partition coefficient (Wildman–Crippen LogP) is 3.65. The molecule has 1 rings (SSSR count). The largest absolute Gasteiger partial charge is 0.394 e. The zero-order valence-corrected chi connectivity index (χ0v) is 25.7. The highest BCUT2D eigenvalue weighted by Gasteiger charge is 2.48. The maximum Gasteiger partial charge on any atom is 0.220 e. The molecule has 2 unspecified atom stereocenters. The molecule has 0 spiro atoms. The van der Waals surface area contributed by atoms with Crippen LogP contribution in [0, 0.1) is 0 Å².